The molecule has 1 aromatic carbocycles. The highest BCUT2D eigenvalue weighted by Gasteiger charge is 2.12. The number of benzene rings is 1. The largest absolute Gasteiger partial charge is 0.439 e. The van der Waals surface area contributed by atoms with Crippen molar-refractivity contribution >= 4 is 9.84 Å². The Kier molecular flexibility index (Phi) is 4.06. The molecule has 0 aliphatic carbocycles. The zero-order valence-corrected chi connectivity index (χ0v) is 12.0. The van der Waals surface area contributed by atoms with E-state index in [4.69, 9.17) is 4.74 Å². The normalized spacial score (nSPS) is 12.9. The number of nitrogens with zero attached hydrogens (tertiary/aromatic N) is 1. The van der Waals surface area contributed by atoms with Gasteiger partial charge in [-0.3, -0.25) is 0 Å². The molecule has 6 heteroatoms. The second-order valence-corrected chi connectivity index (χ2v) is 6.44. The Morgan fingerprint density at radius 1 is 1.25 bits per heavy atom. The number of aliphatic hydroxyl groups is 1. The Labute approximate surface area is 117 Å². The average Bonchev–Trinajstić information content (AvgIpc) is 2.38. The Balaban J connectivity index is 2.36. The van der Waals surface area contributed by atoms with Gasteiger partial charge in [0.25, 0.3) is 0 Å². The molecule has 0 bridgehead atoms. The summed E-state index contributed by atoms with van der Waals surface area (Å²) in [6, 6.07) is 9.55. The summed E-state index contributed by atoms with van der Waals surface area (Å²) in [5, 5.41) is 9.65. The Morgan fingerprint density at radius 3 is 2.65 bits per heavy atom. The van der Waals surface area contributed by atoms with Crippen LogP contribution < -0.4 is 4.74 Å². The van der Waals surface area contributed by atoms with Crippen molar-refractivity contribution in [2.75, 3.05) is 6.26 Å². The summed E-state index contributed by atoms with van der Waals surface area (Å²) >= 11 is 0. The van der Waals surface area contributed by atoms with Gasteiger partial charge >= 0.3 is 0 Å². The van der Waals surface area contributed by atoms with E-state index < -0.39 is 15.9 Å². The van der Waals surface area contributed by atoms with Crippen LogP contribution in [0.1, 0.15) is 18.6 Å². The van der Waals surface area contributed by atoms with Crippen molar-refractivity contribution in [1.29, 1.82) is 0 Å². The van der Waals surface area contributed by atoms with Crippen LogP contribution in [0.2, 0.25) is 0 Å². The van der Waals surface area contributed by atoms with Crippen LogP contribution in [0, 0.1) is 0 Å². The van der Waals surface area contributed by atoms with Crippen LogP contribution in [0.4, 0.5) is 0 Å². The minimum atomic E-state index is -3.29. The van der Waals surface area contributed by atoms with Gasteiger partial charge in [0.05, 0.1) is 11.0 Å². The molecule has 1 unspecified atom stereocenters. The van der Waals surface area contributed by atoms with E-state index in [0.29, 0.717) is 11.3 Å². The summed E-state index contributed by atoms with van der Waals surface area (Å²) in [7, 11) is -3.29. The van der Waals surface area contributed by atoms with E-state index in [9.17, 15) is 13.5 Å². The number of pyridine rings is 1. The Morgan fingerprint density at radius 2 is 2.00 bits per heavy atom. The van der Waals surface area contributed by atoms with Crippen molar-refractivity contribution < 1.29 is 18.3 Å². The lowest BCUT2D eigenvalue weighted by Crippen LogP contribution is -2.00. The van der Waals surface area contributed by atoms with Gasteiger partial charge in [0.2, 0.25) is 5.88 Å². The fourth-order valence-electron chi connectivity index (χ4n) is 1.69. The molecule has 5 nitrogen and oxygen atoms in total. The van der Waals surface area contributed by atoms with Gasteiger partial charge in [-0.25, -0.2) is 13.4 Å². The number of sulfone groups is 1. The number of ether oxygens (including phenoxy) is 1. The average molecular weight is 293 g/mol. The van der Waals surface area contributed by atoms with Gasteiger partial charge in [-0.05, 0) is 37.3 Å². The van der Waals surface area contributed by atoms with Crippen molar-refractivity contribution in [1.82, 2.24) is 4.98 Å². The predicted molar refractivity (Wildman–Crippen MR) is 74.5 cm³/mol. The van der Waals surface area contributed by atoms with Crippen LogP contribution >= 0.6 is 0 Å². The third kappa shape index (κ3) is 3.34. The van der Waals surface area contributed by atoms with Gasteiger partial charge < -0.3 is 9.84 Å². The van der Waals surface area contributed by atoms with Gasteiger partial charge in [-0.15, -0.1) is 0 Å². The fraction of sp³-hybridized carbons (Fsp3) is 0.214. The van der Waals surface area contributed by atoms with E-state index in [2.05, 4.69) is 4.98 Å². The summed E-state index contributed by atoms with van der Waals surface area (Å²) in [6.45, 7) is 1.61. The zero-order chi connectivity index (χ0) is 14.8. The third-order valence-electron chi connectivity index (χ3n) is 2.70. The molecule has 0 aliphatic rings. The first-order valence-electron chi connectivity index (χ1n) is 5.99. The van der Waals surface area contributed by atoms with Crippen LogP contribution in [0.5, 0.6) is 11.6 Å². The smallest absolute Gasteiger partial charge is 0.225 e. The number of hydrogen-bond acceptors (Lipinski definition) is 5. The van der Waals surface area contributed by atoms with Gasteiger partial charge in [0.1, 0.15) is 5.75 Å². The summed E-state index contributed by atoms with van der Waals surface area (Å²) in [5.74, 6) is 0.613. The molecule has 106 valence electrons. The first-order valence-corrected chi connectivity index (χ1v) is 7.88. The lowest BCUT2D eigenvalue weighted by atomic mass is 10.2. The second-order valence-electron chi connectivity index (χ2n) is 4.42. The van der Waals surface area contributed by atoms with Crippen LogP contribution in [0.3, 0.4) is 0 Å². The summed E-state index contributed by atoms with van der Waals surface area (Å²) in [6.07, 6.45) is 1.95. The molecule has 1 N–H and O–H groups in total. The van der Waals surface area contributed by atoms with E-state index >= 15 is 0 Å². The van der Waals surface area contributed by atoms with E-state index in [-0.39, 0.29) is 10.8 Å². The van der Waals surface area contributed by atoms with E-state index in [1.165, 1.54) is 12.1 Å². The second kappa shape index (κ2) is 5.60. The van der Waals surface area contributed by atoms with Crippen molar-refractivity contribution in [3.63, 3.8) is 0 Å². The maximum atomic E-state index is 11.5. The Hall–Kier alpha value is -1.92. The number of rotatable bonds is 4. The minimum absolute atomic E-state index is 0.171. The van der Waals surface area contributed by atoms with Crippen LogP contribution in [0.15, 0.2) is 47.5 Å². The molecule has 0 amide bonds. The molecular formula is C14H15NO4S. The molecule has 1 atom stereocenters. The Bertz CT molecular complexity index is 711. The van der Waals surface area contributed by atoms with Crippen LogP contribution in [0.25, 0.3) is 0 Å². The molecular weight excluding hydrogens is 278 g/mol. The van der Waals surface area contributed by atoms with Crippen molar-refractivity contribution in [3.05, 3.63) is 48.2 Å². The topological polar surface area (TPSA) is 76.5 Å². The molecule has 2 aromatic rings. The maximum absolute atomic E-state index is 11.5. The number of aliphatic hydroxyl groups excluding tert-OH is 1. The van der Waals surface area contributed by atoms with Gasteiger partial charge in [0, 0.05) is 18.0 Å². The molecule has 0 aliphatic heterocycles. The molecule has 2 rings (SSSR count). The fourth-order valence-corrected chi connectivity index (χ4v) is 2.34. The van der Waals surface area contributed by atoms with Crippen LogP contribution in [-0.4, -0.2) is 24.8 Å². The van der Waals surface area contributed by atoms with Crippen molar-refractivity contribution in [2.24, 2.45) is 0 Å². The monoisotopic (exact) mass is 293 g/mol. The maximum Gasteiger partial charge on any atom is 0.225 e. The minimum Gasteiger partial charge on any atom is -0.439 e. The molecule has 1 heterocycles. The molecule has 0 saturated carbocycles. The number of aromatic nitrogens is 1. The van der Waals surface area contributed by atoms with Crippen molar-refractivity contribution in [2.45, 2.75) is 17.9 Å². The highest BCUT2D eigenvalue weighted by Crippen LogP contribution is 2.28. The number of hydrogen-bond donors (Lipinski definition) is 1. The summed E-state index contributed by atoms with van der Waals surface area (Å²) in [5.41, 5.74) is 0.539. The molecule has 0 saturated heterocycles. The first kappa shape index (κ1) is 14.5. The van der Waals surface area contributed by atoms with E-state index in [1.54, 1.807) is 37.4 Å². The highest BCUT2D eigenvalue weighted by molar-refractivity contribution is 7.90. The van der Waals surface area contributed by atoms with E-state index in [1.807, 2.05) is 0 Å². The van der Waals surface area contributed by atoms with Gasteiger partial charge in [-0.1, -0.05) is 6.07 Å². The molecule has 20 heavy (non-hydrogen) atoms. The molecule has 0 spiro atoms. The molecule has 1 aromatic heterocycles. The third-order valence-corrected chi connectivity index (χ3v) is 3.81. The quantitative estimate of drug-likeness (QED) is 0.936. The van der Waals surface area contributed by atoms with Gasteiger partial charge in [0.15, 0.2) is 9.84 Å². The zero-order valence-electron chi connectivity index (χ0n) is 11.1. The first-order chi connectivity index (χ1) is 9.38. The molecule has 0 fully saturated rings. The SMILES string of the molecule is CC(O)c1cccnc1Oc1cccc(S(C)(=O)=O)c1. The van der Waals surface area contributed by atoms with Gasteiger partial charge in [-0.2, -0.15) is 0 Å². The van der Waals surface area contributed by atoms with Crippen LogP contribution in [-0.2, 0) is 9.84 Å². The summed E-state index contributed by atoms with van der Waals surface area (Å²) in [4.78, 5) is 4.23. The van der Waals surface area contributed by atoms with E-state index in [0.717, 1.165) is 6.26 Å². The predicted octanol–water partition coefficient (Wildman–Crippen LogP) is 2.33. The highest BCUT2D eigenvalue weighted by atomic mass is 32.2. The molecule has 0 radical (unpaired) electrons. The lowest BCUT2D eigenvalue weighted by Gasteiger charge is -2.12. The summed E-state index contributed by atoms with van der Waals surface area (Å²) < 4.78 is 28.6. The standard InChI is InChI=1S/C14H15NO4S/c1-10(16)13-7-4-8-15-14(13)19-11-5-3-6-12(9-11)20(2,17)18/h3-10,16H,1-2H3. The lowest BCUT2D eigenvalue weighted by molar-refractivity contribution is 0.194. The van der Waals surface area contributed by atoms with Crippen molar-refractivity contribution in [3.8, 4) is 11.6 Å².